The third kappa shape index (κ3) is 3.56. The lowest BCUT2D eigenvalue weighted by Crippen LogP contribution is -2.37. The Balaban J connectivity index is 1.65. The van der Waals surface area contributed by atoms with Crippen molar-refractivity contribution in [1.82, 2.24) is 9.97 Å². The minimum Gasteiger partial charge on any atom is -0.378 e. The summed E-state index contributed by atoms with van der Waals surface area (Å²) in [6.07, 6.45) is 6.74. The molecule has 1 fully saturated rings. The molecule has 2 aromatic rings. The van der Waals surface area contributed by atoms with Crippen molar-refractivity contribution in [2.24, 2.45) is 0 Å². The Morgan fingerprint density at radius 2 is 1.77 bits per heavy atom. The molecule has 5 nitrogen and oxygen atoms in total. The van der Waals surface area contributed by atoms with E-state index in [0.717, 1.165) is 18.7 Å². The van der Waals surface area contributed by atoms with Gasteiger partial charge in [0.2, 0.25) is 5.95 Å². The maximum Gasteiger partial charge on any atom is 0.225 e. The van der Waals surface area contributed by atoms with E-state index in [1.54, 1.807) is 36.7 Å². The van der Waals surface area contributed by atoms with Crippen LogP contribution >= 0.6 is 0 Å². The van der Waals surface area contributed by atoms with Gasteiger partial charge in [-0.15, -0.1) is 0 Å². The Labute approximate surface area is 129 Å². The molecule has 2 heterocycles. The number of morpholine rings is 1. The number of allylic oxidation sites excluding steroid dienone is 1. The predicted octanol–water partition coefficient (Wildman–Crippen LogP) is 2.21. The lowest BCUT2D eigenvalue weighted by Gasteiger charge is -2.26. The number of rotatable bonds is 4. The topological polar surface area (TPSA) is 55.3 Å². The highest BCUT2D eigenvalue weighted by Gasteiger charge is 2.12. The van der Waals surface area contributed by atoms with E-state index in [0.29, 0.717) is 24.7 Å². The highest BCUT2D eigenvalue weighted by Crippen LogP contribution is 2.10. The average molecular weight is 295 g/mol. The van der Waals surface area contributed by atoms with Crippen LogP contribution in [0.25, 0.3) is 6.08 Å². The number of aromatic nitrogens is 2. The average Bonchev–Trinajstić information content (AvgIpc) is 2.61. The molecule has 0 aliphatic carbocycles. The van der Waals surface area contributed by atoms with Crippen LogP contribution in [-0.2, 0) is 4.74 Å². The Morgan fingerprint density at radius 1 is 1.09 bits per heavy atom. The number of benzene rings is 1. The molecule has 0 saturated carbocycles. The van der Waals surface area contributed by atoms with Crippen molar-refractivity contribution < 1.29 is 9.53 Å². The molecule has 0 bridgehead atoms. The standard InChI is InChI=1S/C17H17N3O2/c21-16(15-4-2-1-3-5-15)7-6-14-12-18-17(19-13-14)20-8-10-22-11-9-20/h1-7,12-13H,8-11H2/b7-6+. The first-order valence-corrected chi connectivity index (χ1v) is 7.25. The largest absolute Gasteiger partial charge is 0.378 e. The van der Waals surface area contributed by atoms with Crippen LogP contribution in [0.3, 0.4) is 0 Å². The zero-order valence-corrected chi connectivity index (χ0v) is 12.2. The molecule has 0 spiro atoms. The van der Waals surface area contributed by atoms with Crippen LogP contribution in [0.5, 0.6) is 0 Å². The van der Waals surface area contributed by atoms with Gasteiger partial charge in [0, 0.05) is 36.6 Å². The zero-order valence-electron chi connectivity index (χ0n) is 12.2. The van der Waals surface area contributed by atoms with Crippen molar-refractivity contribution in [3.8, 4) is 0 Å². The van der Waals surface area contributed by atoms with Crippen LogP contribution in [-0.4, -0.2) is 42.1 Å². The summed E-state index contributed by atoms with van der Waals surface area (Å²) < 4.78 is 5.31. The number of carbonyl (C=O) groups excluding carboxylic acids is 1. The first-order valence-electron chi connectivity index (χ1n) is 7.25. The molecule has 0 amide bonds. The van der Waals surface area contributed by atoms with Crippen LogP contribution in [0.15, 0.2) is 48.8 Å². The van der Waals surface area contributed by atoms with Gasteiger partial charge in [-0.2, -0.15) is 0 Å². The van der Waals surface area contributed by atoms with E-state index >= 15 is 0 Å². The predicted molar refractivity (Wildman–Crippen MR) is 84.9 cm³/mol. The lowest BCUT2D eigenvalue weighted by molar-refractivity contribution is 0.104. The van der Waals surface area contributed by atoms with Gasteiger partial charge < -0.3 is 9.64 Å². The fraction of sp³-hybridized carbons (Fsp3) is 0.235. The van der Waals surface area contributed by atoms with Gasteiger partial charge in [-0.3, -0.25) is 4.79 Å². The molecule has 0 N–H and O–H groups in total. The van der Waals surface area contributed by atoms with Gasteiger partial charge in [0.25, 0.3) is 0 Å². The Hall–Kier alpha value is -2.53. The van der Waals surface area contributed by atoms with Gasteiger partial charge in [0.05, 0.1) is 13.2 Å². The number of hydrogen-bond donors (Lipinski definition) is 0. The highest BCUT2D eigenvalue weighted by atomic mass is 16.5. The van der Waals surface area contributed by atoms with Crippen LogP contribution < -0.4 is 4.90 Å². The SMILES string of the molecule is O=C(/C=C/c1cnc(N2CCOCC2)nc1)c1ccccc1. The lowest BCUT2D eigenvalue weighted by atomic mass is 10.1. The molecule has 1 aromatic carbocycles. The minimum absolute atomic E-state index is 0.0298. The molecule has 1 aliphatic heterocycles. The van der Waals surface area contributed by atoms with E-state index in [2.05, 4.69) is 14.9 Å². The molecule has 3 rings (SSSR count). The van der Waals surface area contributed by atoms with E-state index < -0.39 is 0 Å². The monoisotopic (exact) mass is 295 g/mol. The van der Waals surface area contributed by atoms with Crippen molar-refractivity contribution in [2.45, 2.75) is 0 Å². The summed E-state index contributed by atoms with van der Waals surface area (Å²) in [6, 6.07) is 9.18. The van der Waals surface area contributed by atoms with Gasteiger partial charge in [0.15, 0.2) is 5.78 Å². The quantitative estimate of drug-likeness (QED) is 0.639. The normalized spacial score (nSPS) is 15.2. The second-order valence-electron chi connectivity index (χ2n) is 4.98. The molecule has 112 valence electrons. The summed E-state index contributed by atoms with van der Waals surface area (Å²) in [5.74, 6) is 0.674. The fourth-order valence-corrected chi connectivity index (χ4v) is 2.21. The second-order valence-corrected chi connectivity index (χ2v) is 4.98. The first kappa shape index (κ1) is 14.4. The molecule has 0 atom stereocenters. The zero-order chi connectivity index (χ0) is 15.2. The summed E-state index contributed by atoms with van der Waals surface area (Å²) >= 11 is 0. The number of carbonyl (C=O) groups is 1. The number of hydrogen-bond acceptors (Lipinski definition) is 5. The molecule has 1 saturated heterocycles. The second kappa shape index (κ2) is 6.95. The van der Waals surface area contributed by atoms with Crippen molar-refractivity contribution in [3.63, 3.8) is 0 Å². The summed E-state index contributed by atoms with van der Waals surface area (Å²) in [5.41, 5.74) is 1.48. The minimum atomic E-state index is -0.0298. The molecule has 0 radical (unpaired) electrons. The maximum absolute atomic E-state index is 12.0. The summed E-state index contributed by atoms with van der Waals surface area (Å²) in [7, 11) is 0. The van der Waals surface area contributed by atoms with Crippen molar-refractivity contribution in [2.75, 3.05) is 31.2 Å². The Bertz CT molecular complexity index is 647. The number of ketones is 1. The van der Waals surface area contributed by atoms with E-state index in [-0.39, 0.29) is 5.78 Å². The maximum atomic E-state index is 12.0. The smallest absolute Gasteiger partial charge is 0.225 e. The summed E-state index contributed by atoms with van der Waals surface area (Å²) in [6.45, 7) is 3.02. The Kier molecular flexibility index (Phi) is 4.56. The molecule has 5 heteroatoms. The van der Waals surface area contributed by atoms with Crippen LogP contribution in [0.1, 0.15) is 15.9 Å². The van der Waals surface area contributed by atoms with Gasteiger partial charge in [-0.25, -0.2) is 9.97 Å². The first-order chi connectivity index (χ1) is 10.8. The number of anilines is 1. The third-order valence-electron chi connectivity index (χ3n) is 3.44. The molecule has 22 heavy (non-hydrogen) atoms. The number of ether oxygens (including phenoxy) is 1. The van der Waals surface area contributed by atoms with E-state index in [1.165, 1.54) is 0 Å². The van der Waals surface area contributed by atoms with E-state index in [1.807, 2.05) is 18.2 Å². The van der Waals surface area contributed by atoms with Gasteiger partial charge in [-0.1, -0.05) is 30.3 Å². The molecule has 0 unspecified atom stereocenters. The summed E-state index contributed by atoms with van der Waals surface area (Å²) in [5, 5.41) is 0. The third-order valence-corrected chi connectivity index (χ3v) is 3.44. The van der Waals surface area contributed by atoms with Crippen LogP contribution in [0.2, 0.25) is 0 Å². The fourth-order valence-electron chi connectivity index (χ4n) is 2.21. The molecule has 1 aliphatic rings. The number of nitrogens with zero attached hydrogens (tertiary/aromatic N) is 3. The molecule has 1 aromatic heterocycles. The highest BCUT2D eigenvalue weighted by molar-refractivity contribution is 6.06. The van der Waals surface area contributed by atoms with Crippen molar-refractivity contribution in [3.05, 3.63) is 59.9 Å². The van der Waals surface area contributed by atoms with E-state index in [9.17, 15) is 4.79 Å². The van der Waals surface area contributed by atoms with Crippen LogP contribution in [0, 0.1) is 0 Å². The van der Waals surface area contributed by atoms with Gasteiger partial charge in [0.1, 0.15) is 0 Å². The van der Waals surface area contributed by atoms with Gasteiger partial charge in [-0.05, 0) is 12.2 Å². The summed E-state index contributed by atoms with van der Waals surface area (Å²) in [4.78, 5) is 22.8. The van der Waals surface area contributed by atoms with Crippen molar-refractivity contribution in [1.29, 1.82) is 0 Å². The molecular weight excluding hydrogens is 278 g/mol. The van der Waals surface area contributed by atoms with E-state index in [4.69, 9.17) is 4.74 Å². The van der Waals surface area contributed by atoms with Crippen molar-refractivity contribution >= 4 is 17.8 Å². The van der Waals surface area contributed by atoms with Crippen LogP contribution in [0.4, 0.5) is 5.95 Å². The van der Waals surface area contributed by atoms with Gasteiger partial charge >= 0.3 is 0 Å². The Morgan fingerprint density at radius 3 is 2.45 bits per heavy atom. The molecular formula is C17H17N3O2.